The molecule has 1 aliphatic rings. The second-order valence-electron chi connectivity index (χ2n) is 4.68. The van der Waals surface area contributed by atoms with Crippen LogP contribution in [0.1, 0.15) is 31.9 Å². The zero-order valence-electron chi connectivity index (χ0n) is 10.1. The fraction of sp³-hybridized carbons (Fsp3) is 0.583. The van der Waals surface area contributed by atoms with E-state index < -0.39 is 0 Å². The van der Waals surface area contributed by atoms with Crippen molar-refractivity contribution in [2.24, 2.45) is 5.73 Å². The molecule has 4 nitrogen and oxygen atoms in total. The quantitative estimate of drug-likeness (QED) is 0.889. The summed E-state index contributed by atoms with van der Waals surface area (Å²) in [7, 11) is 0. The van der Waals surface area contributed by atoms with Crippen LogP contribution in [0.4, 0.5) is 5.82 Å². The molecule has 1 fully saturated rings. The van der Waals surface area contributed by atoms with Gasteiger partial charge in [0.15, 0.2) is 10.8 Å². The summed E-state index contributed by atoms with van der Waals surface area (Å²) in [4.78, 5) is 8.22. The first kappa shape index (κ1) is 11.0. The molecule has 0 aromatic carbocycles. The maximum atomic E-state index is 5.89. The molecule has 0 bridgehead atoms. The van der Waals surface area contributed by atoms with E-state index in [0.717, 1.165) is 23.0 Å². The summed E-state index contributed by atoms with van der Waals surface area (Å²) < 4.78 is 2.13. The molecule has 0 saturated carbocycles. The largest absolute Gasteiger partial charge is 0.352 e. The topological polar surface area (TPSA) is 46.6 Å². The van der Waals surface area contributed by atoms with Crippen molar-refractivity contribution in [2.75, 3.05) is 11.4 Å². The third-order valence-corrected chi connectivity index (χ3v) is 4.36. The van der Waals surface area contributed by atoms with E-state index in [1.807, 2.05) is 0 Å². The Labute approximate surface area is 105 Å². The van der Waals surface area contributed by atoms with Crippen molar-refractivity contribution in [3.8, 4) is 0 Å². The molecule has 2 aromatic rings. The van der Waals surface area contributed by atoms with Gasteiger partial charge in [-0.2, -0.15) is 0 Å². The smallest absolute Gasteiger partial charge is 0.195 e. The van der Waals surface area contributed by atoms with Crippen LogP contribution in [0.2, 0.25) is 0 Å². The fourth-order valence-electron chi connectivity index (χ4n) is 2.65. The van der Waals surface area contributed by atoms with Gasteiger partial charge in [0.1, 0.15) is 0 Å². The highest BCUT2D eigenvalue weighted by atomic mass is 32.1. The summed E-state index contributed by atoms with van der Waals surface area (Å²) in [5.74, 6) is 1.10. The average Bonchev–Trinajstić information content (AvgIpc) is 2.89. The van der Waals surface area contributed by atoms with Crippen molar-refractivity contribution < 1.29 is 0 Å². The van der Waals surface area contributed by atoms with Gasteiger partial charge in [-0.05, 0) is 26.2 Å². The van der Waals surface area contributed by atoms with Crippen LogP contribution in [-0.4, -0.2) is 22.0 Å². The third-order valence-electron chi connectivity index (χ3n) is 3.61. The van der Waals surface area contributed by atoms with Gasteiger partial charge < -0.3 is 10.6 Å². The van der Waals surface area contributed by atoms with Crippen molar-refractivity contribution in [3.05, 3.63) is 17.3 Å². The van der Waals surface area contributed by atoms with Crippen LogP contribution in [0.5, 0.6) is 0 Å². The first-order chi connectivity index (χ1) is 8.31. The van der Waals surface area contributed by atoms with E-state index >= 15 is 0 Å². The number of nitrogens with zero attached hydrogens (tertiary/aromatic N) is 3. The van der Waals surface area contributed by atoms with Crippen molar-refractivity contribution in [2.45, 2.75) is 38.8 Å². The number of piperidine rings is 1. The lowest BCUT2D eigenvalue weighted by molar-refractivity contribution is 0.480. The van der Waals surface area contributed by atoms with Gasteiger partial charge in [0.25, 0.3) is 0 Å². The number of hydrogen-bond acceptors (Lipinski definition) is 4. The Morgan fingerprint density at radius 3 is 3.18 bits per heavy atom. The van der Waals surface area contributed by atoms with Gasteiger partial charge in [-0.1, -0.05) is 0 Å². The molecule has 0 aliphatic carbocycles. The number of rotatable bonds is 2. The molecule has 2 aromatic heterocycles. The Morgan fingerprint density at radius 2 is 2.41 bits per heavy atom. The molecule has 5 heteroatoms. The Balaban J connectivity index is 2.05. The minimum Gasteiger partial charge on any atom is -0.352 e. The highest BCUT2D eigenvalue weighted by Crippen LogP contribution is 2.29. The molecule has 1 atom stereocenters. The Morgan fingerprint density at radius 1 is 1.53 bits per heavy atom. The summed E-state index contributed by atoms with van der Waals surface area (Å²) in [5, 5.41) is 2.06. The van der Waals surface area contributed by atoms with Crippen LogP contribution in [0.25, 0.3) is 4.96 Å². The normalized spacial score (nSPS) is 21.3. The maximum absolute atomic E-state index is 5.89. The van der Waals surface area contributed by atoms with Gasteiger partial charge in [-0.25, -0.2) is 4.98 Å². The average molecular weight is 250 g/mol. The van der Waals surface area contributed by atoms with Gasteiger partial charge in [0, 0.05) is 30.7 Å². The van der Waals surface area contributed by atoms with E-state index in [9.17, 15) is 0 Å². The Bertz CT molecular complexity index is 516. The summed E-state index contributed by atoms with van der Waals surface area (Å²) in [6.45, 7) is 3.95. The second kappa shape index (κ2) is 4.31. The molecule has 2 N–H and O–H groups in total. The van der Waals surface area contributed by atoms with Gasteiger partial charge in [0.05, 0.1) is 5.69 Å². The summed E-state index contributed by atoms with van der Waals surface area (Å²) in [5.41, 5.74) is 7.04. The summed E-state index contributed by atoms with van der Waals surface area (Å²) in [6, 6.07) is 0.582. The van der Waals surface area contributed by atoms with Crippen LogP contribution in [0, 0.1) is 0 Å². The lowest BCUT2D eigenvalue weighted by atomic mass is 10.0. The van der Waals surface area contributed by atoms with Crippen LogP contribution < -0.4 is 10.6 Å². The zero-order chi connectivity index (χ0) is 11.8. The van der Waals surface area contributed by atoms with E-state index in [4.69, 9.17) is 10.7 Å². The molecule has 3 heterocycles. The minimum absolute atomic E-state index is 0.552. The number of nitrogens with two attached hydrogens (primary N) is 1. The molecule has 1 saturated heterocycles. The molecule has 92 valence electrons. The monoisotopic (exact) mass is 250 g/mol. The van der Waals surface area contributed by atoms with Crippen LogP contribution in [-0.2, 0) is 6.54 Å². The number of hydrogen-bond donors (Lipinski definition) is 1. The van der Waals surface area contributed by atoms with Gasteiger partial charge in [-0.3, -0.25) is 4.40 Å². The molecule has 0 amide bonds. The molecule has 17 heavy (non-hydrogen) atoms. The van der Waals surface area contributed by atoms with E-state index in [2.05, 4.69) is 27.8 Å². The molecule has 1 aliphatic heterocycles. The van der Waals surface area contributed by atoms with E-state index in [-0.39, 0.29) is 0 Å². The van der Waals surface area contributed by atoms with E-state index in [0.29, 0.717) is 12.6 Å². The number of imidazole rings is 1. The first-order valence-corrected chi connectivity index (χ1v) is 7.10. The van der Waals surface area contributed by atoms with Gasteiger partial charge in [0.2, 0.25) is 0 Å². The molecule has 3 rings (SSSR count). The maximum Gasteiger partial charge on any atom is 0.195 e. The lowest BCUT2D eigenvalue weighted by Crippen LogP contribution is -2.38. The molecule has 0 spiro atoms. The minimum atomic E-state index is 0.552. The predicted molar refractivity (Wildman–Crippen MR) is 71.6 cm³/mol. The number of anilines is 1. The molecular weight excluding hydrogens is 232 g/mol. The van der Waals surface area contributed by atoms with Crippen molar-refractivity contribution >= 4 is 22.1 Å². The Hall–Kier alpha value is -1.07. The standard InChI is InChI=1S/C12H18N4S/c1-9-4-2-3-5-15(9)11-10(8-13)16-6-7-17-12(16)14-11/h6-7,9H,2-5,8,13H2,1H3. The number of thiazole rings is 1. The highest BCUT2D eigenvalue weighted by molar-refractivity contribution is 7.15. The first-order valence-electron chi connectivity index (χ1n) is 6.22. The van der Waals surface area contributed by atoms with Crippen molar-refractivity contribution in [1.82, 2.24) is 9.38 Å². The van der Waals surface area contributed by atoms with Crippen LogP contribution in [0.3, 0.4) is 0 Å². The molecule has 1 unspecified atom stereocenters. The van der Waals surface area contributed by atoms with Gasteiger partial charge >= 0.3 is 0 Å². The van der Waals surface area contributed by atoms with E-state index in [1.165, 1.54) is 19.3 Å². The highest BCUT2D eigenvalue weighted by Gasteiger charge is 2.24. The molecule has 0 radical (unpaired) electrons. The number of aromatic nitrogens is 2. The van der Waals surface area contributed by atoms with Crippen molar-refractivity contribution in [3.63, 3.8) is 0 Å². The zero-order valence-corrected chi connectivity index (χ0v) is 10.9. The van der Waals surface area contributed by atoms with E-state index in [1.54, 1.807) is 11.3 Å². The molecular formula is C12H18N4S. The SMILES string of the molecule is CC1CCCCN1c1nc2sccn2c1CN. The third kappa shape index (κ3) is 1.73. The second-order valence-corrected chi connectivity index (χ2v) is 5.55. The summed E-state index contributed by atoms with van der Waals surface area (Å²) in [6.07, 6.45) is 5.92. The van der Waals surface area contributed by atoms with Gasteiger partial charge in [-0.15, -0.1) is 11.3 Å². The van der Waals surface area contributed by atoms with Crippen molar-refractivity contribution in [1.29, 1.82) is 0 Å². The predicted octanol–water partition coefficient (Wildman–Crippen LogP) is 2.23. The lowest BCUT2D eigenvalue weighted by Gasteiger charge is -2.34. The van der Waals surface area contributed by atoms with Crippen LogP contribution in [0.15, 0.2) is 11.6 Å². The number of fused-ring (bicyclic) bond motifs is 1. The fourth-order valence-corrected chi connectivity index (χ4v) is 3.38. The summed E-state index contributed by atoms with van der Waals surface area (Å²) >= 11 is 1.67. The van der Waals surface area contributed by atoms with Crippen LogP contribution >= 0.6 is 11.3 Å². The Kier molecular flexibility index (Phi) is 2.80.